The third-order valence-electron chi connectivity index (χ3n) is 3.18. The Bertz CT molecular complexity index is 565. The Labute approximate surface area is 152 Å². The lowest BCUT2D eigenvalue weighted by Crippen LogP contribution is -2.45. The van der Waals surface area contributed by atoms with Gasteiger partial charge < -0.3 is 19.7 Å². The van der Waals surface area contributed by atoms with Gasteiger partial charge in [0.05, 0.1) is 0 Å². The molecule has 0 bridgehead atoms. The van der Waals surface area contributed by atoms with Gasteiger partial charge in [-0.25, -0.2) is 4.79 Å². The summed E-state index contributed by atoms with van der Waals surface area (Å²) in [6, 6.07) is 8.10. The Balaban J connectivity index is 2.51. The van der Waals surface area contributed by atoms with Crippen LogP contribution >= 0.6 is 11.8 Å². The molecule has 0 radical (unpaired) electrons. The SMILES string of the molecule is CSCC[C@@H](NC(=O)COc1ccccc1)C(=O)OCC(=O)N(C)C. The molecule has 8 heteroatoms. The second-order valence-electron chi connectivity index (χ2n) is 5.40. The van der Waals surface area contributed by atoms with Gasteiger partial charge in [0, 0.05) is 14.1 Å². The van der Waals surface area contributed by atoms with E-state index in [1.54, 1.807) is 50.1 Å². The highest BCUT2D eigenvalue weighted by Crippen LogP contribution is 2.08. The van der Waals surface area contributed by atoms with Gasteiger partial charge >= 0.3 is 5.97 Å². The predicted molar refractivity (Wildman–Crippen MR) is 96.5 cm³/mol. The van der Waals surface area contributed by atoms with Crippen LogP contribution in [0.25, 0.3) is 0 Å². The van der Waals surface area contributed by atoms with Gasteiger partial charge in [-0.3, -0.25) is 9.59 Å². The van der Waals surface area contributed by atoms with E-state index in [4.69, 9.17) is 9.47 Å². The van der Waals surface area contributed by atoms with Crippen molar-refractivity contribution in [3.8, 4) is 5.75 Å². The number of hydrogen-bond acceptors (Lipinski definition) is 6. The zero-order chi connectivity index (χ0) is 18.7. The normalized spacial score (nSPS) is 11.3. The minimum Gasteiger partial charge on any atom is -0.484 e. The Morgan fingerprint density at radius 1 is 1.16 bits per heavy atom. The molecule has 0 unspecified atom stereocenters. The van der Waals surface area contributed by atoms with Gasteiger partial charge in [-0.1, -0.05) is 18.2 Å². The molecule has 0 spiro atoms. The summed E-state index contributed by atoms with van der Waals surface area (Å²) >= 11 is 1.55. The highest BCUT2D eigenvalue weighted by Gasteiger charge is 2.23. The number of esters is 1. The lowest BCUT2D eigenvalue weighted by Gasteiger charge is -2.18. The molecule has 0 fully saturated rings. The number of nitrogens with zero attached hydrogens (tertiary/aromatic N) is 1. The summed E-state index contributed by atoms with van der Waals surface area (Å²) in [5, 5.41) is 2.60. The first-order valence-corrected chi connectivity index (χ1v) is 9.16. The van der Waals surface area contributed by atoms with Gasteiger partial charge in [0.2, 0.25) is 0 Å². The second-order valence-corrected chi connectivity index (χ2v) is 6.38. The van der Waals surface area contributed by atoms with Crippen LogP contribution in [-0.4, -0.2) is 68.0 Å². The number of thioether (sulfide) groups is 1. The van der Waals surface area contributed by atoms with E-state index in [0.717, 1.165) is 0 Å². The lowest BCUT2D eigenvalue weighted by molar-refractivity contribution is -0.153. The molecule has 0 heterocycles. The predicted octanol–water partition coefficient (Wildman–Crippen LogP) is 0.935. The van der Waals surface area contributed by atoms with Crippen molar-refractivity contribution in [1.82, 2.24) is 10.2 Å². The molecule has 0 aromatic heterocycles. The van der Waals surface area contributed by atoms with Gasteiger partial charge in [0.1, 0.15) is 11.8 Å². The molecular weight excluding hydrogens is 344 g/mol. The van der Waals surface area contributed by atoms with Crippen molar-refractivity contribution in [2.45, 2.75) is 12.5 Å². The molecule has 1 atom stereocenters. The second kappa shape index (κ2) is 11.4. The first-order chi connectivity index (χ1) is 11.9. The molecule has 25 heavy (non-hydrogen) atoms. The van der Waals surface area contributed by atoms with Gasteiger partial charge in [-0.2, -0.15) is 11.8 Å². The van der Waals surface area contributed by atoms with Crippen molar-refractivity contribution in [1.29, 1.82) is 0 Å². The molecule has 0 aliphatic rings. The van der Waals surface area contributed by atoms with Crippen molar-refractivity contribution in [3.05, 3.63) is 30.3 Å². The van der Waals surface area contributed by atoms with E-state index in [0.29, 0.717) is 17.9 Å². The summed E-state index contributed by atoms with van der Waals surface area (Å²) in [7, 11) is 3.15. The molecule has 138 valence electrons. The molecule has 1 aromatic carbocycles. The van der Waals surface area contributed by atoms with Crippen LogP contribution in [0, 0.1) is 0 Å². The van der Waals surface area contributed by atoms with E-state index in [9.17, 15) is 14.4 Å². The third-order valence-corrected chi connectivity index (χ3v) is 3.82. The van der Waals surface area contributed by atoms with Gasteiger partial charge in [-0.05, 0) is 30.6 Å². The molecule has 0 aliphatic carbocycles. The zero-order valence-electron chi connectivity index (χ0n) is 14.7. The van der Waals surface area contributed by atoms with Gasteiger partial charge in [0.25, 0.3) is 11.8 Å². The Morgan fingerprint density at radius 3 is 2.44 bits per heavy atom. The number of benzene rings is 1. The summed E-state index contributed by atoms with van der Waals surface area (Å²) in [5.41, 5.74) is 0. The monoisotopic (exact) mass is 368 g/mol. The van der Waals surface area contributed by atoms with Crippen LogP contribution in [0.4, 0.5) is 0 Å². The largest absolute Gasteiger partial charge is 0.484 e. The fourth-order valence-corrected chi connectivity index (χ4v) is 2.22. The van der Waals surface area contributed by atoms with E-state index in [1.165, 1.54) is 4.90 Å². The van der Waals surface area contributed by atoms with Crippen molar-refractivity contribution < 1.29 is 23.9 Å². The standard InChI is InChI=1S/C17H24N2O5S/c1-19(2)16(21)12-24-17(22)14(9-10-25-3)18-15(20)11-23-13-7-5-4-6-8-13/h4-8,14H,9-12H2,1-3H3,(H,18,20)/t14-/m1/s1. The number of amides is 2. The van der Waals surface area contributed by atoms with E-state index in [2.05, 4.69) is 5.32 Å². The van der Waals surface area contributed by atoms with Crippen molar-refractivity contribution in [2.24, 2.45) is 0 Å². The summed E-state index contributed by atoms with van der Waals surface area (Å²) in [4.78, 5) is 37.0. The number of para-hydroxylation sites is 1. The van der Waals surface area contributed by atoms with Crippen molar-refractivity contribution in [3.63, 3.8) is 0 Å². The molecule has 0 saturated carbocycles. The minimum absolute atomic E-state index is 0.205. The van der Waals surface area contributed by atoms with Crippen LogP contribution in [0.1, 0.15) is 6.42 Å². The lowest BCUT2D eigenvalue weighted by atomic mass is 10.2. The number of hydrogen-bond donors (Lipinski definition) is 1. The number of ether oxygens (including phenoxy) is 2. The summed E-state index contributed by atoms with van der Waals surface area (Å²) in [6.07, 6.45) is 2.31. The first-order valence-electron chi connectivity index (χ1n) is 7.77. The van der Waals surface area contributed by atoms with Crippen molar-refractivity contribution in [2.75, 3.05) is 39.3 Å². The zero-order valence-corrected chi connectivity index (χ0v) is 15.5. The smallest absolute Gasteiger partial charge is 0.329 e. The van der Waals surface area contributed by atoms with Crippen LogP contribution in [0.3, 0.4) is 0 Å². The van der Waals surface area contributed by atoms with Crippen LogP contribution < -0.4 is 10.1 Å². The van der Waals surface area contributed by atoms with Gasteiger partial charge in [-0.15, -0.1) is 0 Å². The average molecular weight is 368 g/mol. The minimum atomic E-state index is -0.811. The quantitative estimate of drug-likeness (QED) is 0.619. The Kier molecular flexibility index (Phi) is 9.46. The molecule has 2 amide bonds. The fourth-order valence-electron chi connectivity index (χ4n) is 1.75. The highest BCUT2D eigenvalue weighted by molar-refractivity contribution is 7.98. The molecule has 1 rings (SSSR count). The Morgan fingerprint density at radius 2 is 1.84 bits per heavy atom. The topological polar surface area (TPSA) is 84.9 Å². The highest BCUT2D eigenvalue weighted by atomic mass is 32.2. The maximum atomic E-state index is 12.1. The summed E-state index contributed by atoms with van der Waals surface area (Å²) in [6.45, 7) is -0.554. The molecule has 0 saturated heterocycles. The maximum Gasteiger partial charge on any atom is 0.329 e. The van der Waals surface area contributed by atoms with Crippen molar-refractivity contribution >= 4 is 29.5 Å². The molecule has 0 aliphatic heterocycles. The van der Waals surface area contributed by atoms with E-state index in [-0.39, 0.29) is 19.1 Å². The average Bonchev–Trinajstić information content (AvgIpc) is 2.61. The third kappa shape index (κ3) is 8.44. The maximum absolute atomic E-state index is 12.1. The van der Waals surface area contributed by atoms with Crippen LogP contribution in [0.2, 0.25) is 0 Å². The fraction of sp³-hybridized carbons (Fsp3) is 0.471. The molecule has 1 N–H and O–H groups in total. The van der Waals surface area contributed by atoms with E-state index in [1.807, 2.05) is 12.3 Å². The number of rotatable bonds is 10. The number of carbonyl (C=O) groups is 3. The van der Waals surface area contributed by atoms with E-state index >= 15 is 0 Å². The van der Waals surface area contributed by atoms with Crippen LogP contribution in [0.5, 0.6) is 5.75 Å². The molecule has 1 aromatic rings. The first kappa shape index (κ1) is 20.8. The number of nitrogens with one attached hydrogen (secondary N) is 1. The van der Waals surface area contributed by atoms with Crippen LogP contribution in [0.15, 0.2) is 30.3 Å². The molecule has 7 nitrogen and oxygen atoms in total. The summed E-state index contributed by atoms with van der Waals surface area (Å²) < 4.78 is 10.3. The molecular formula is C17H24N2O5S. The van der Waals surface area contributed by atoms with Gasteiger partial charge in [0.15, 0.2) is 13.2 Å². The van der Waals surface area contributed by atoms with Crippen LogP contribution in [-0.2, 0) is 19.1 Å². The summed E-state index contributed by atoms with van der Waals surface area (Å²) in [5.74, 6) is -0.141. The van der Waals surface area contributed by atoms with E-state index < -0.39 is 17.9 Å². The Hall–Kier alpha value is -2.22. The number of carbonyl (C=O) groups excluding carboxylic acids is 3. The number of likely N-dealkylation sites (N-methyl/N-ethyl adjacent to an activating group) is 1.